The summed E-state index contributed by atoms with van der Waals surface area (Å²) in [6.07, 6.45) is 13.2. The summed E-state index contributed by atoms with van der Waals surface area (Å²) in [4.78, 5) is 24.9. The lowest BCUT2D eigenvalue weighted by Crippen LogP contribution is -1.95. The van der Waals surface area contributed by atoms with Crippen molar-refractivity contribution in [3.63, 3.8) is 0 Å². The van der Waals surface area contributed by atoms with Crippen LogP contribution in [0.2, 0.25) is 0 Å². The van der Waals surface area contributed by atoms with Gasteiger partial charge < -0.3 is 0 Å². The van der Waals surface area contributed by atoms with Gasteiger partial charge in [-0.2, -0.15) is 10.5 Å². The van der Waals surface area contributed by atoms with E-state index in [1.165, 1.54) is 18.6 Å². The van der Waals surface area contributed by atoms with Crippen molar-refractivity contribution in [2.45, 2.75) is 0 Å². The maximum absolute atomic E-state index is 9.71. The van der Waals surface area contributed by atoms with E-state index in [0.717, 1.165) is 71.3 Å². The fourth-order valence-corrected chi connectivity index (χ4v) is 6.56. The molecule has 0 aliphatic heterocycles. The van der Waals surface area contributed by atoms with Crippen LogP contribution in [0.25, 0.3) is 86.5 Å². The van der Waals surface area contributed by atoms with Gasteiger partial charge in [0.1, 0.15) is 12.1 Å². The van der Waals surface area contributed by atoms with Crippen molar-refractivity contribution >= 4 is 43.7 Å². The Morgan fingerprint density at radius 2 is 0.979 bits per heavy atom. The van der Waals surface area contributed by atoms with Crippen LogP contribution in [0.4, 0.5) is 11.4 Å². The van der Waals surface area contributed by atoms with Gasteiger partial charge in [-0.25, -0.2) is 9.69 Å². The number of rotatable bonds is 4. The Morgan fingerprint density at radius 3 is 1.50 bits per heavy atom. The highest BCUT2D eigenvalue weighted by molar-refractivity contribution is 6.32. The van der Waals surface area contributed by atoms with Gasteiger partial charge in [0.05, 0.1) is 24.3 Å². The van der Waals surface area contributed by atoms with E-state index in [-0.39, 0.29) is 0 Å². The second-order valence-electron chi connectivity index (χ2n) is 11.2. The smallest absolute Gasteiger partial charge is 0.205 e. The lowest BCUT2D eigenvalue weighted by atomic mass is 9.82. The van der Waals surface area contributed by atoms with Crippen molar-refractivity contribution in [2.24, 2.45) is 0 Å². The third kappa shape index (κ3) is 4.35. The van der Waals surface area contributed by atoms with E-state index in [0.29, 0.717) is 28.1 Å². The van der Waals surface area contributed by atoms with Crippen LogP contribution in [0.3, 0.4) is 0 Å². The average Bonchev–Trinajstić information content (AvgIpc) is 3.16. The minimum absolute atomic E-state index is 0.419. The van der Waals surface area contributed by atoms with Gasteiger partial charge in [-0.3, -0.25) is 19.9 Å². The van der Waals surface area contributed by atoms with Crippen LogP contribution < -0.4 is 0 Å². The first-order chi connectivity index (χ1) is 23.6. The quantitative estimate of drug-likeness (QED) is 0.145. The average molecular weight is 611 g/mol. The molecule has 0 fully saturated rings. The van der Waals surface area contributed by atoms with Gasteiger partial charge in [-0.15, -0.1) is 0 Å². The molecule has 0 saturated carbocycles. The predicted octanol–water partition coefficient (Wildman–Crippen LogP) is 9.68. The van der Waals surface area contributed by atoms with Gasteiger partial charge in [0.25, 0.3) is 0 Å². The fourth-order valence-electron chi connectivity index (χ4n) is 6.56. The molecule has 8 nitrogen and oxygen atoms in total. The molecule has 0 unspecified atom stereocenters. The normalized spacial score (nSPS) is 10.8. The van der Waals surface area contributed by atoms with Crippen molar-refractivity contribution in [3.05, 3.63) is 144 Å². The molecule has 218 valence electrons. The molecular formula is C40H18N8. The van der Waals surface area contributed by atoms with Gasteiger partial charge >= 0.3 is 0 Å². The largest absolute Gasteiger partial charge is 0.276 e. The second-order valence-corrected chi connectivity index (χ2v) is 11.2. The predicted molar refractivity (Wildman–Crippen MR) is 185 cm³/mol. The lowest BCUT2D eigenvalue weighted by Gasteiger charge is -2.21. The Bertz CT molecular complexity index is 2710. The first-order valence-electron chi connectivity index (χ1n) is 14.8. The summed E-state index contributed by atoms with van der Waals surface area (Å²) in [6.45, 7) is 15.6. The van der Waals surface area contributed by atoms with E-state index in [9.17, 15) is 10.5 Å². The van der Waals surface area contributed by atoms with E-state index < -0.39 is 0 Å². The van der Waals surface area contributed by atoms with Crippen molar-refractivity contribution < 1.29 is 0 Å². The van der Waals surface area contributed by atoms with Gasteiger partial charge in [0.15, 0.2) is 5.69 Å². The highest BCUT2D eigenvalue weighted by Crippen LogP contribution is 2.49. The van der Waals surface area contributed by atoms with Crippen molar-refractivity contribution in [1.82, 2.24) is 19.9 Å². The number of hydrogen-bond acceptors (Lipinski definition) is 6. The maximum atomic E-state index is 9.71. The third-order valence-corrected chi connectivity index (χ3v) is 8.63. The topological polar surface area (TPSA) is 108 Å². The molecule has 8 heteroatoms. The van der Waals surface area contributed by atoms with Gasteiger partial charge in [0.2, 0.25) is 5.69 Å². The molecule has 4 aromatic heterocycles. The Balaban J connectivity index is 1.60. The number of aromatic nitrogens is 4. The molecule has 0 atom stereocenters. The molecule has 48 heavy (non-hydrogen) atoms. The first kappa shape index (κ1) is 28.0. The summed E-state index contributed by atoms with van der Waals surface area (Å²) < 4.78 is 0. The molecule has 0 aliphatic rings. The van der Waals surface area contributed by atoms with E-state index >= 15 is 0 Å². The van der Waals surface area contributed by atoms with Crippen LogP contribution in [0.15, 0.2) is 110 Å². The standard InChI is InChI=1S/C40H18N8/c1-43-28-11-27(20-48-21-28)35-13-36(37-22-45-8-7-38(37)44-2)32-6-5-30-34(26-10-24(15-42)17-47-19-26)12-33(25-9-23(14-41)16-46-18-25)29-3-4-31(35)40(32)39(29)30/h3-13,16-22H. The van der Waals surface area contributed by atoms with E-state index in [1.807, 2.05) is 18.2 Å². The van der Waals surface area contributed by atoms with Crippen molar-refractivity contribution in [2.75, 3.05) is 0 Å². The van der Waals surface area contributed by atoms with E-state index in [2.05, 4.69) is 78.2 Å². The summed E-state index contributed by atoms with van der Waals surface area (Å²) >= 11 is 0. The summed E-state index contributed by atoms with van der Waals surface area (Å²) in [6, 6.07) is 24.0. The number of benzene rings is 4. The van der Waals surface area contributed by atoms with Gasteiger partial charge in [-0.1, -0.05) is 24.3 Å². The molecule has 8 aromatic rings. The minimum Gasteiger partial charge on any atom is -0.276 e. The molecule has 0 amide bonds. The number of nitrogens with zero attached hydrogens (tertiary/aromatic N) is 8. The van der Waals surface area contributed by atoms with E-state index in [4.69, 9.17) is 13.1 Å². The van der Waals surface area contributed by atoms with Crippen LogP contribution in [0, 0.1) is 35.8 Å². The minimum atomic E-state index is 0.419. The van der Waals surface area contributed by atoms with Crippen LogP contribution in [0.1, 0.15) is 11.1 Å². The van der Waals surface area contributed by atoms with Crippen LogP contribution in [0.5, 0.6) is 0 Å². The highest BCUT2D eigenvalue weighted by Gasteiger charge is 2.22. The second kappa shape index (κ2) is 11.1. The summed E-state index contributed by atoms with van der Waals surface area (Å²) in [5, 5.41) is 25.1. The molecular weight excluding hydrogens is 592 g/mol. The zero-order chi connectivity index (χ0) is 32.8. The number of pyridine rings is 4. The summed E-state index contributed by atoms with van der Waals surface area (Å²) in [5.41, 5.74) is 8.19. The molecule has 8 rings (SSSR count). The molecule has 0 bridgehead atoms. The lowest BCUT2D eigenvalue weighted by molar-refractivity contribution is 1.30. The summed E-state index contributed by atoms with van der Waals surface area (Å²) in [7, 11) is 0. The Kier molecular flexibility index (Phi) is 6.49. The molecule has 0 aliphatic carbocycles. The van der Waals surface area contributed by atoms with Gasteiger partial charge in [-0.05, 0) is 96.5 Å². The molecule has 0 radical (unpaired) electrons. The number of nitriles is 2. The Labute approximate surface area is 274 Å². The zero-order valence-electron chi connectivity index (χ0n) is 25.0. The zero-order valence-corrected chi connectivity index (χ0v) is 25.0. The molecule has 4 aromatic carbocycles. The SMILES string of the molecule is [C-]#[N+]c1cncc(-c2cc(-c3cnccc3[N+]#[C-])c3ccc4c(-c5cncc(C#N)c5)cc(-c5cncc(C#N)c5)c5ccc2c3c54)c1. The maximum Gasteiger partial charge on any atom is 0.205 e. The first-order valence-corrected chi connectivity index (χ1v) is 14.8. The van der Waals surface area contributed by atoms with Crippen LogP contribution >= 0.6 is 0 Å². The molecule has 4 heterocycles. The fraction of sp³-hybridized carbons (Fsp3) is 0. The van der Waals surface area contributed by atoms with Crippen LogP contribution in [-0.2, 0) is 0 Å². The third-order valence-electron chi connectivity index (χ3n) is 8.63. The van der Waals surface area contributed by atoms with Crippen molar-refractivity contribution in [3.8, 4) is 56.6 Å². The van der Waals surface area contributed by atoms with Gasteiger partial charge in [0, 0.05) is 66.3 Å². The monoisotopic (exact) mass is 610 g/mol. The Morgan fingerprint density at radius 1 is 0.479 bits per heavy atom. The van der Waals surface area contributed by atoms with Crippen molar-refractivity contribution in [1.29, 1.82) is 10.5 Å². The van der Waals surface area contributed by atoms with Crippen LogP contribution in [-0.4, -0.2) is 19.9 Å². The Hall–Kier alpha value is -7.52. The molecule has 0 spiro atoms. The van der Waals surface area contributed by atoms with E-state index in [1.54, 1.807) is 37.1 Å². The molecule has 0 saturated heterocycles. The number of hydrogen-bond donors (Lipinski definition) is 0. The molecule has 0 N–H and O–H groups in total. The summed E-state index contributed by atoms with van der Waals surface area (Å²) in [5.74, 6) is 0. The highest BCUT2D eigenvalue weighted by atomic mass is 14.7.